The number of rotatable bonds is 2. The van der Waals surface area contributed by atoms with Gasteiger partial charge in [-0.2, -0.15) is 0 Å². The minimum Gasteiger partial charge on any atom is -0.338 e. The summed E-state index contributed by atoms with van der Waals surface area (Å²) in [5.74, 6) is 0.248. The smallest absolute Gasteiger partial charge is 0.224 e. The molecule has 3 heteroatoms. The normalized spacial score (nSPS) is 35.9. The second-order valence-electron chi connectivity index (χ2n) is 5.00. The summed E-state index contributed by atoms with van der Waals surface area (Å²) in [6.45, 7) is 5.14. The first-order valence-corrected chi connectivity index (χ1v) is 5.63. The third kappa shape index (κ3) is 1.26. The van der Waals surface area contributed by atoms with E-state index >= 15 is 0 Å². The van der Waals surface area contributed by atoms with E-state index in [-0.39, 0.29) is 11.9 Å². The lowest BCUT2D eigenvalue weighted by atomic mass is 9.64. The van der Waals surface area contributed by atoms with Crippen molar-refractivity contribution in [3.8, 4) is 0 Å². The molecule has 2 rings (SSSR count). The summed E-state index contributed by atoms with van der Waals surface area (Å²) in [4.78, 5) is 13.6. The molecule has 1 amide bonds. The Kier molecular flexibility index (Phi) is 2.30. The summed E-state index contributed by atoms with van der Waals surface area (Å²) < 4.78 is 0. The Morgan fingerprint density at radius 2 is 2.21 bits per heavy atom. The monoisotopic (exact) mass is 196 g/mol. The van der Waals surface area contributed by atoms with Crippen LogP contribution in [0.15, 0.2) is 0 Å². The largest absolute Gasteiger partial charge is 0.338 e. The Labute approximate surface area is 85.6 Å². The van der Waals surface area contributed by atoms with Crippen LogP contribution >= 0.6 is 0 Å². The minimum atomic E-state index is 0.0627. The number of nitrogens with zero attached hydrogens (tertiary/aromatic N) is 1. The standard InChI is InChI=1S/C11H20N2O/c1-3-13-9(14)7-8(12)10(13)11(2)5-4-6-11/h8,10H,3-7,12H2,1-2H3/t8-,10-/m0/s1. The Balaban J connectivity index is 2.19. The van der Waals surface area contributed by atoms with Crippen molar-refractivity contribution in [3.63, 3.8) is 0 Å². The summed E-state index contributed by atoms with van der Waals surface area (Å²) >= 11 is 0. The molecular weight excluding hydrogens is 176 g/mol. The molecule has 0 bridgehead atoms. The molecule has 3 nitrogen and oxygen atoms in total. The summed E-state index contributed by atoms with van der Waals surface area (Å²) in [6, 6.07) is 0.362. The topological polar surface area (TPSA) is 46.3 Å². The molecule has 0 aromatic heterocycles. The maximum atomic E-state index is 11.7. The molecule has 1 aliphatic carbocycles. The van der Waals surface area contributed by atoms with Crippen LogP contribution in [-0.2, 0) is 4.79 Å². The van der Waals surface area contributed by atoms with Gasteiger partial charge in [0.25, 0.3) is 0 Å². The summed E-state index contributed by atoms with van der Waals surface area (Å²) in [6.07, 6.45) is 4.31. The maximum absolute atomic E-state index is 11.7. The molecule has 0 radical (unpaired) electrons. The number of likely N-dealkylation sites (N-methyl/N-ethyl adjacent to an activating group) is 1. The zero-order valence-electron chi connectivity index (χ0n) is 9.12. The maximum Gasteiger partial charge on any atom is 0.224 e. The molecular formula is C11H20N2O. The van der Waals surface area contributed by atoms with Crippen LogP contribution in [0.2, 0.25) is 0 Å². The molecule has 1 saturated heterocycles. The van der Waals surface area contributed by atoms with E-state index in [1.807, 2.05) is 11.8 Å². The first-order valence-electron chi connectivity index (χ1n) is 5.63. The molecule has 0 unspecified atom stereocenters. The van der Waals surface area contributed by atoms with E-state index in [1.54, 1.807) is 0 Å². The fraction of sp³-hybridized carbons (Fsp3) is 0.909. The number of hydrogen-bond donors (Lipinski definition) is 1. The van der Waals surface area contributed by atoms with Gasteiger partial charge in [-0.1, -0.05) is 13.3 Å². The highest BCUT2D eigenvalue weighted by atomic mass is 16.2. The third-order valence-electron chi connectivity index (χ3n) is 4.02. The van der Waals surface area contributed by atoms with E-state index in [4.69, 9.17) is 5.73 Å². The first kappa shape index (κ1) is 9.97. The fourth-order valence-electron chi connectivity index (χ4n) is 3.11. The Morgan fingerprint density at radius 3 is 2.64 bits per heavy atom. The predicted molar refractivity (Wildman–Crippen MR) is 55.7 cm³/mol. The van der Waals surface area contributed by atoms with Crippen LogP contribution in [0.25, 0.3) is 0 Å². The van der Waals surface area contributed by atoms with Gasteiger partial charge >= 0.3 is 0 Å². The molecule has 2 aliphatic rings. The molecule has 1 saturated carbocycles. The van der Waals surface area contributed by atoms with E-state index in [9.17, 15) is 4.79 Å². The summed E-state index contributed by atoms with van der Waals surface area (Å²) in [5, 5.41) is 0. The van der Waals surface area contributed by atoms with Crippen molar-refractivity contribution >= 4 is 5.91 Å². The molecule has 0 spiro atoms. The number of carbonyl (C=O) groups is 1. The number of likely N-dealkylation sites (tertiary alicyclic amines) is 1. The Hall–Kier alpha value is -0.570. The molecule has 2 fully saturated rings. The van der Waals surface area contributed by atoms with Crippen molar-refractivity contribution < 1.29 is 4.79 Å². The van der Waals surface area contributed by atoms with Crippen LogP contribution in [0.4, 0.5) is 0 Å². The van der Waals surface area contributed by atoms with E-state index in [1.165, 1.54) is 19.3 Å². The number of hydrogen-bond acceptors (Lipinski definition) is 2. The molecule has 2 atom stereocenters. The molecule has 2 N–H and O–H groups in total. The lowest BCUT2D eigenvalue weighted by molar-refractivity contribution is -0.131. The van der Waals surface area contributed by atoms with Gasteiger partial charge in [0.1, 0.15) is 0 Å². The zero-order valence-corrected chi connectivity index (χ0v) is 9.12. The molecule has 0 aromatic carbocycles. The molecule has 0 aromatic rings. The Morgan fingerprint density at radius 1 is 1.57 bits per heavy atom. The van der Waals surface area contributed by atoms with Crippen molar-refractivity contribution in [3.05, 3.63) is 0 Å². The lowest BCUT2D eigenvalue weighted by Crippen LogP contribution is -2.53. The lowest BCUT2D eigenvalue weighted by Gasteiger charge is -2.48. The van der Waals surface area contributed by atoms with Gasteiger partial charge in [0.05, 0.1) is 6.04 Å². The van der Waals surface area contributed by atoms with Crippen LogP contribution in [0, 0.1) is 5.41 Å². The molecule has 1 aliphatic heterocycles. The minimum absolute atomic E-state index is 0.0627. The van der Waals surface area contributed by atoms with E-state index in [0.717, 1.165) is 6.54 Å². The predicted octanol–water partition coefficient (Wildman–Crippen LogP) is 1.12. The van der Waals surface area contributed by atoms with Gasteiger partial charge in [0, 0.05) is 19.0 Å². The van der Waals surface area contributed by atoms with E-state index in [2.05, 4.69) is 6.92 Å². The van der Waals surface area contributed by atoms with E-state index < -0.39 is 0 Å². The Bertz CT molecular complexity index is 248. The van der Waals surface area contributed by atoms with Gasteiger partial charge in [0.2, 0.25) is 5.91 Å². The van der Waals surface area contributed by atoms with Crippen molar-refractivity contribution in [1.82, 2.24) is 4.90 Å². The van der Waals surface area contributed by atoms with Crippen molar-refractivity contribution in [2.75, 3.05) is 6.54 Å². The van der Waals surface area contributed by atoms with Gasteiger partial charge < -0.3 is 10.6 Å². The second kappa shape index (κ2) is 3.23. The van der Waals surface area contributed by atoms with Crippen LogP contribution < -0.4 is 5.73 Å². The summed E-state index contributed by atoms with van der Waals surface area (Å²) in [5.41, 5.74) is 6.38. The van der Waals surface area contributed by atoms with Crippen LogP contribution in [0.1, 0.15) is 39.5 Å². The first-order chi connectivity index (χ1) is 6.58. The summed E-state index contributed by atoms with van der Waals surface area (Å²) in [7, 11) is 0. The second-order valence-corrected chi connectivity index (χ2v) is 5.00. The van der Waals surface area contributed by atoms with Crippen molar-refractivity contribution in [2.24, 2.45) is 11.1 Å². The van der Waals surface area contributed by atoms with Crippen molar-refractivity contribution in [2.45, 2.75) is 51.6 Å². The van der Waals surface area contributed by atoms with Crippen LogP contribution in [-0.4, -0.2) is 29.4 Å². The van der Waals surface area contributed by atoms with E-state index in [0.29, 0.717) is 17.9 Å². The quantitative estimate of drug-likeness (QED) is 0.719. The van der Waals surface area contributed by atoms with Crippen LogP contribution in [0.5, 0.6) is 0 Å². The number of carbonyl (C=O) groups excluding carboxylic acids is 1. The number of nitrogens with two attached hydrogens (primary N) is 1. The van der Waals surface area contributed by atoms with Gasteiger partial charge in [-0.25, -0.2) is 0 Å². The average Bonchev–Trinajstić information content (AvgIpc) is 2.36. The van der Waals surface area contributed by atoms with Crippen LogP contribution in [0.3, 0.4) is 0 Å². The highest BCUT2D eigenvalue weighted by Crippen LogP contribution is 2.48. The van der Waals surface area contributed by atoms with Gasteiger partial charge in [-0.15, -0.1) is 0 Å². The van der Waals surface area contributed by atoms with Gasteiger partial charge in [-0.05, 0) is 25.2 Å². The fourth-order valence-corrected chi connectivity index (χ4v) is 3.11. The average molecular weight is 196 g/mol. The highest BCUT2D eigenvalue weighted by molar-refractivity contribution is 5.80. The van der Waals surface area contributed by atoms with Gasteiger partial charge in [-0.3, -0.25) is 4.79 Å². The number of amides is 1. The SMILES string of the molecule is CCN1C(=O)C[C@H](N)[C@H]1C1(C)CCC1. The third-order valence-corrected chi connectivity index (χ3v) is 4.02. The van der Waals surface area contributed by atoms with Gasteiger partial charge in [0.15, 0.2) is 0 Å². The molecule has 80 valence electrons. The highest BCUT2D eigenvalue weighted by Gasteiger charge is 2.50. The molecule has 14 heavy (non-hydrogen) atoms. The van der Waals surface area contributed by atoms with Crippen molar-refractivity contribution in [1.29, 1.82) is 0 Å². The zero-order chi connectivity index (χ0) is 10.3. The molecule has 1 heterocycles.